The first-order valence-electron chi connectivity index (χ1n) is 6.76. The van der Waals surface area contributed by atoms with Crippen LogP contribution in [0.5, 0.6) is 0 Å². The molecule has 2 aromatic rings. The Bertz CT molecular complexity index is 516. The SMILES string of the molecule is CCNC(c1cccnc1)C1Cc2ccccc2S1. The Morgan fingerprint density at radius 1 is 1.32 bits per heavy atom. The van der Waals surface area contributed by atoms with E-state index >= 15 is 0 Å². The highest BCUT2D eigenvalue weighted by Gasteiger charge is 2.29. The molecule has 2 atom stereocenters. The zero-order valence-electron chi connectivity index (χ0n) is 11.0. The van der Waals surface area contributed by atoms with Crippen molar-refractivity contribution in [2.45, 2.75) is 29.5 Å². The number of pyridine rings is 1. The second kappa shape index (κ2) is 5.76. The molecule has 0 radical (unpaired) electrons. The average Bonchev–Trinajstić information content (AvgIpc) is 2.89. The van der Waals surface area contributed by atoms with Gasteiger partial charge in [-0.05, 0) is 36.2 Å². The first-order chi connectivity index (χ1) is 9.38. The van der Waals surface area contributed by atoms with E-state index in [2.05, 4.69) is 47.6 Å². The van der Waals surface area contributed by atoms with Gasteiger partial charge in [-0.1, -0.05) is 31.2 Å². The predicted molar refractivity (Wildman–Crippen MR) is 80.4 cm³/mol. The highest BCUT2D eigenvalue weighted by Crippen LogP contribution is 2.42. The summed E-state index contributed by atoms with van der Waals surface area (Å²) in [5.74, 6) is 0. The molecule has 0 amide bonds. The number of fused-ring (bicyclic) bond motifs is 1. The summed E-state index contributed by atoms with van der Waals surface area (Å²) >= 11 is 1.99. The maximum Gasteiger partial charge on any atom is 0.0462 e. The minimum atomic E-state index is 0.371. The summed E-state index contributed by atoms with van der Waals surface area (Å²) in [4.78, 5) is 5.69. The Morgan fingerprint density at radius 3 is 2.95 bits per heavy atom. The molecule has 2 unspecified atom stereocenters. The van der Waals surface area contributed by atoms with E-state index in [0.717, 1.165) is 13.0 Å². The number of benzene rings is 1. The van der Waals surface area contributed by atoms with Gasteiger partial charge in [-0.2, -0.15) is 0 Å². The summed E-state index contributed by atoms with van der Waals surface area (Å²) in [6.07, 6.45) is 4.95. The van der Waals surface area contributed by atoms with Gasteiger partial charge < -0.3 is 5.32 Å². The van der Waals surface area contributed by atoms with Crippen molar-refractivity contribution in [2.75, 3.05) is 6.54 Å². The molecule has 3 rings (SSSR count). The van der Waals surface area contributed by atoms with Crippen molar-refractivity contribution >= 4 is 11.8 Å². The number of thioether (sulfide) groups is 1. The smallest absolute Gasteiger partial charge is 0.0462 e. The maximum atomic E-state index is 4.26. The summed E-state index contributed by atoms with van der Waals surface area (Å²) in [5.41, 5.74) is 2.76. The van der Waals surface area contributed by atoms with E-state index < -0.39 is 0 Å². The van der Waals surface area contributed by atoms with Gasteiger partial charge in [0.05, 0.1) is 0 Å². The number of hydrogen-bond acceptors (Lipinski definition) is 3. The van der Waals surface area contributed by atoms with Gasteiger partial charge in [0.25, 0.3) is 0 Å². The summed E-state index contributed by atoms with van der Waals surface area (Å²) in [6.45, 7) is 3.14. The zero-order valence-corrected chi connectivity index (χ0v) is 11.9. The second-order valence-corrected chi connectivity index (χ2v) is 6.07. The van der Waals surface area contributed by atoms with Crippen LogP contribution in [0.1, 0.15) is 24.1 Å². The van der Waals surface area contributed by atoms with E-state index in [4.69, 9.17) is 0 Å². The lowest BCUT2D eigenvalue weighted by molar-refractivity contribution is 0.530. The van der Waals surface area contributed by atoms with Gasteiger partial charge >= 0.3 is 0 Å². The minimum Gasteiger partial charge on any atom is -0.309 e. The average molecular weight is 270 g/mol. The summed E-state index contributed by atoms with van der Waals surface area (Å²) in [5, 5.41) is 4.17. The number of nitrogens with zero attached hydrogens (tertiary/aromatic N) is 1. The maximum absolute atomic E-state index is 4.26. The molecule has 0 saturated heterocycles. The van der Waals surface area contributed by atoms with E-state index in [-0.39, 0.29) is 0 Å². The van der Waals surface area contributed by atoms with Gasteiger partial charge in [0, 0.05) is 28.6 Å². The van der Waals surface area contributed by atoms with Crippen molar-refractivity contribution in [1.82, 2.24) is 10.3 Å². The largest absolute Gasteiger partial charge is 0.309 e. The number of rotatable bonds is 4. The predicted octanol–water partition coefficient (Wildman–Crippen LogP) is 3.45. The van der Waals surface area contributed by atoms with E-state index in [0.29, 0.717) is 11.3 Å². The Hall–Kier alpha value is -1.32. The van der Waals surface area contributed by atoms with Crippen LogP contribution in [0.2, 0.25) is 0 Å². The third-order valence-electron chi connectivity index (χ3n) is 3.51. The molecular formula is C16H18N2S. The number of nitrogens with one attached hydrogen (secondary N) is 1. The molecule has 98 valence electrons. The molecule has 1 N–H and O–H groups in total. The molecule has 0 bridgehead atoms. The van der Waals surface area contributed by atoms with Crippen LogP contribution in [0.15, 0.2) is 53.7 Å². The highest BCUT2D eigenvalue weighted by molar-refractivity contribution is 8.00. The van der Waals surface area contributed by atoms with Gasteiger partial charge in [-0.3, -0.25) is 4.98 Å². The van der Waals surface area contributed by atoms with E-state index in [1.807, 2.05) is 30.2 Å². The Kier molecular flexibility index (Phi) is 3.85. The van der Waals surface area contributed by atoms with Gasteiger partial charge in [-0.15, -0.1) is 11.8 Å². The third kappa shape index (κ3) is 2.67. The monoisotopic (exact) mass is 270 g/mol. The fourth-order valence-electron chi connectivity index (χ4n) is 2.64. The van der Waals surface area contributed by atoms with Crippen LogP contribution in [-0.4, -0.2) is 16.8 Å². The summed E-state index contributed by atoms with van der Waals surface area (Å²) in [6, 6.07) is 13.3. The van der Waals surface area contributed by atoms with Crippen molar-refractivity contribution in [1.29, 1.82) is 0 Å². The number of aromatic nitrogens is 1. The second-order valence-electron chi connectivity index (χ2n) is 4.79. The molecule has 1 aromatic heterocycles. The molecule has 19 heavy (non-hydrogen) atoms. The van der Waals surface area contributed by atoms with Crippen molar-refractivity contribution in [2.24, 2.45) is 0 Å². The topological polar surface area (TPSA) is 24.9 Å². The molecule has 0 spiro atoms. The fourth-order valence-corrected chi connectivity index (χ4v) is 4.08. The van der Waals surface area contributed by atoms with E-state index in [1.54, 1.807) is 0 Å². The fraction of sp³-hybridized carbons (Fsp3) is 0.312. The highest BCUT2D eigenvalue weighted by atomic mass is 32.2. The molecular weight excluding hydrogens is 252 g/mol. The van der Waals surface area contributed by atoms with E-state index in [9.17, 15) is 0 Å². The zero-order chi connectivity index (χ0) is 13.1. The van der Waals surface area contributed by atoms with Gasteiger partial charge in [0.2, 0.25) is 0 Å². The normalized spacial score (nSPS) is 19.1. The number of hydrogen-bond donors (Lipinski definition) is 1. The lowest BCUT2D eigenvalue weighted by Crippen LogP contribution is -2.30. The third-order valence-corrected chi connectivity index (χ3v) is 4.91. The first-order valence-corrected chi connectivity index (χ1v) is 7.64. The molecule has 0 fully saturated rings. The van der Waals surface area contributed by atoms with Gasteiger partial charge in [0.15, 0.2) is 0 Å². The Balaban J connectivity index is 1.84. The van der Waals surface area contributed by atoms with Crippen molar-refractivity contribution in [3.05, 3.63) is 59.9 Å². The molecule has 1 aliphatic heterocycles. The lowest BCUT2D eigenvalue weighted by atomic mass is 10.00. The molecule has 2 nitrogen and oxygen atoms in total. The Labute approximate surface area is 118 Å². The Morgan fingerprint density at radius 2 is 2.21 bits per heavy atom. The van der Waals surface area contributed by atoms with Crippen LogP contribution in [0.25, 0.3) is 0 Å². The van der Waals surface area contributed by atoms with Gasteiger partial charge in [-0.25, -0.2) is 0 Å². The molecule has 2 heterocycles. The molecule has 1 aromatic carbocycles. The molecule has 0 aliphatic carbocycles. The van der Waals surface area contributed by atoms with Crippen LogP contribution in [0, 0.1) is 0 Å². The molecule has 0 saturated carbocycles. The molecule has 3 heteroatoms. The van der Waals surface area contributed by atoms with Crippen LogP contribution >= 0.6 is 11.8 Å². The van der Waals surface area contributed by atoms with Gasteiger partial charge in [0.1, 0.15) is 0 Å². The molecule has 1 aliphatic rings. The van der Waals surface area contributed by atoms with Crippen LogP contribution < -0.4 is 5.32 Å². The summed E-state index contributed by atoms with van der Waals surface area (Å²) < 4.78 is 0. The minimum absolute atomic E-state index is 0.371. The van der Waals surface area contributed by atoms with Crippen molar-refractivity contribution in [3.63, 3.8) is 0 Å². The first kappa shape index (κ1) is 12.7. The standard InChI is InChI=1S/C16H18N2S/c1-2-18-16(13-7-5-9-17-11-13)15-10-12-6-3-4-8-14(12)19-15/h3-9,11,15-16,18H,2,10H2,1H3. The van der Waals surface area contributed by atoms with Crippen LogP contribution in [0.3, 0.4) is 0 Å². The lowest BCUT2D eigenvalue weighted by Gasteiger charge is -2.23. The summed E-state index contributed by atoms with van der Waals surface area (Å²) in [7, 11) is 0. The van der Waals surface area contributed by atoms with Crippen molar-refractivity contribution in [3.8, 4) is 0 Å². The van der Waals surface area contributed by atoms with Crippen LogP contribution in [-0.2, 0) is 6.42 Å². The quantitative estimate of drug-likeness (QED) is 0.921. The van der Waals surface area contributed by atoms with Crippen molar-refractivity contribution < 1.29 is 0 Å². The van der Waals surface area contributed by atoms with E-state index in [1.165, 1.54) is 16.0 Å². The van der Waals surface area contributed by atoms with Crippen LogP contribution in [0.4, 0.5) is 0 Å².